The molecule has 4 heteroatoms. The van der Waals surface area contributed by atoms with Crippen LogP contribution in [0.25, 0.3) is 0 Å². The van der Waals surface area contributed by atoms with Crippen LogP contribution in [0.1, 0.15) is 32.1 Å². The highest BCUT2D eigenvalue weighted by molar-refractivity contribution is 5.76. The van der Waals surface area contributed by atoms with E-state index in [1.165, 1.54) is 6.42 Å². The number of nitrogens with zero attached hydrogens (tertiary/aromatic N) is 1. The number of ether oxygens (including phenoxy) is 2. The number of hydrogen-bond donors (Lipinski definition) is 0. The lowest BCUT2D eigenvalue weighted by atomic mass is 9.89. The number of para-hydroxylation sites is 2. The summed E-state index contributed by atoms with van der Waals surface area (Å²) in [5.41, 5.74) is 3.24. The standard InChI is InChI=1S/C27H29NO3/c29-27(22-10-4-1-5-11-22)31-21-20-30-26-18-16-25(17-19-26)28(23-12-6-2-7-13-23)24-14-8-3-9-15-24/h2-3,6-9,12-19,22H,1,4-5,10-11,20-21H2. The second kappa shape index (κ2) is 10.7. The molecule has 3 aromatic rings. The zero-order valence-corrected chi connectivity index (χ0v) is 17.8. The first kappa shape index (κ1) is 21.0. The lowest BCUT2D eigenvalue weighted by molar-refractivity contribution is -0.150. The van der Waals surface area contributed by atoms with Crippen LogP contribution in [0.2, 0.25) is 0 Å². The molecule has 0 bridgehead atoms. The van der Waals surface area contributed by atoms with Crippen molar-refractivity contribution in [2.45, 2.75) is 32.1 Å². The summed E-state index contributed by atoms with van der Waals surface area (Å²) in [7, 11) is 0. The maximum absolute atomic E-state index is 12.1. The van der Waals surface area contributed by atoms with Gasteiger partial charge in [-0.25, -0.2) is 0 Å². The average Bonchev–Trinajstić information content (AvgIpc) is 2.85. The van der Waals surface area contributed by atoms with E-state index < -0.39 is 0 Å². The van der Waals surface area contributed by atoms with E-state index in [2.05, 4.69) is 29.2 Å². The van der Waals surface area contributed by atoms with Crippen LogP contribution in [0.15, 0.2) is 84.9 Å². The monoisotopic (exact) mass is 415 g/mol. The SMILES string of the molecule is O=C(OCCOc1ccc(N(c2ccccc2)c2ccccc2)cc1)C1CCCCC1. The molecule has 1 aliphatic rings. The second-order valence-corrected chi connectivity index (χ2v) is 7.85. The Bertz CT molecular complexity index is 896. The number of hydrogen-bond acceptors (Lipinski definition) is 4. The summed E-state index contributed by atoms with van der Waals surface area (Å²) in [5.74, 6) is 0.772. The van der Waals surface area contributed by atoms with Crippen molar-refractivity contribution < 1.29 is 14.3 Å². The smallest absolute Gasteiger partial charge is 0.309 e. The third-order valence-electron chi connectivity index (χ3n) is 5.66. The van der Waals surface area contributed by atoms with Gasteiger partial charge in [-0.3, -0.25) is 4.79 Å². The minimum Gasteiger partial charge on any atom is -0.490 e. The van der Waals surface area contributed by atoms with Crippen molar-refractivity contribution >= 4 is 23.0 Å². The molecule has 0 spiro atoms. The van der Waals surface area contributed by atoms with Crippen LogP contribution < -0.4 is 9.64 Å². The molecule has 3 aromatic carbocycles. The van der Waals surface area contributed by atoms with Crippen molar-refractivity contribution in [1.82, 2.24) is 0 Å². The fraction of sp³-hybridized carbons (Fsp3) is 0.296. The lowest BCUT2D eigenvalue weighted by Gasteiger charge is -2.25. The molecule has 1 saturated carbocycles. The molecule has 0 radical (unpaired) electrons. The van der Waals surface area contributed by atoms with Crippen LogP contribution in [-0.4, -0.2) is 19.2 Å². The van der Waals surface area contributed by atoms with Gasteiger partial charge in [-0.2, -0.15) is 0 Å². The number of carbonyl (C=O) groups excluding carboxylic acids is 1. The van der Waals surface area contributed by atoms with Crippen LogP contribution in [0.5, 0.6) is 5.75 Å². The van der Waals surface area contributed by atoms with Gasteiger partial charge in [0.25, 0.3) is 0 Å². The maximum Gasteiger partial charge on any atom is 0.309 e. The summed E-state index contributed by atoms with van der Waals surface area (Å²) in [6, 6.07) is 28.6. The van der Waals surface area contributed by atoms with Crippen LogP contribution in [0.3, 0.4) is 0 Å². The number of carbonyl (C=O) groups is 1. The molecule has 0 saturated heterocycles. The van der Waals surface area contributed by atoms with Gasteiger partial charge in [-0.1, -0.05) is 55.7 Å². The highest BCUT2D eigenvalue weighted by atomic mass is 16.6. The van der Waals surface area contributed by atoms with Crippen molar-refractivity contribution in [3.05, 3.63) is 84.9 Å². The second-order valence-electron chi connectivity index (χ2n) is 7.85. The van der Waals surface area contributed by atoms with E-state index in [-0.39, 0.29) is 18.5 Å². The van der Waals surface area contributed by atoms with E-state index in [9.17, 15) is 4.79 Å². The van der Waals surface area contributed by atoms with Crippen LogP contribution in [0, 0.1) is 5.92 Å². The van der Waals surface area contributed by atoms with Gasteiger partial charge in [0.05, 0.1) is 5.92 Å². The Morgan fingerprint density at radius 2 is 1.26 bits per heavy atom. The molecular formula is C27H29NO3. The van der Waals surface area contributed by atoms with Gasteiger partial charge in [-0.15, -0.1) is 0 Å². The van der Waals surface area contributed by atoms with Crippen molar-refractivity contribution in [1.29, 1.82) is 0 Å². The minimum atomic E-state index is -0.0694. The van der Waals surface area contributed by atoms with Crippen molar-refractivity contribution in [3.8, 4) is 5.75 Å². The predicted octanol–water partition coefficient (Wildman–Crippen LogP) is 6.66. The Balaban J connectivity index is 1.35. The Morgan fingerprint density at radius 1 is 0.710 bits per heavy atom. The molecular weight excluding hydrogens is 386 g/mol. The average molecular weight is 416 g/mol. The molecule has 0 heterocycles. The first-order chi connectivity index (χ1) is 15.3. The number of rotatable bonds is 8. The van der Waals surface area contributed by atoms with E-state index in [1.807, 2.05) is 60.7 Å². The van der Waals surface area contributed by atoms with Gasteiger partial charge in [0.15, 0.2) is 0 Å². The van der Waals surface area contributed by atoms with Gasteiger partial charge < -0.3 is 14.4 Å². The Labute approximate surface area is 184 Å². The van der Waals surface area contributed by atoms with Gasteiger partial charge in [0, 0.05) is 17.1 Å². The summed E-state index contributed by atoms with van der Waals surface area (Å²) in [6.45, 7) is 0.649. The van der Waals surface area contributed by atoms with E-state index in [4.69, 9.17) is 9.47 Å². The van der Waals surface area contributed by atoms with Gasteiger partial charge in [0.2, 0.25) is 0 Å². The normalized spacial score (nSPS) is 14.1. The largest absolute Gasteiger partial charge is 0.490 e. The maximum atomic E-state index is 12.1. The molecule has 160 valence electrons. The Hall–Kier alpha value is -3.27. The zero-order valence-electron chi connectivity index (χ0n) is 17.8. The highest BCUT2D eigenvalue weighted by Crippen LogP contribution is 2.34. The molecule has 4 nitrogen and oxygen atoms in total. The molecule has 31 heavy (non-hydrogen) atoms. The molecule has 0 aromatic heterocycles. The minimum absolute atomic E-state index is 0.0694. The fourth-order valence-corrected chi connectivity index (χ4v) is 4.05. The van der Waals surface area contributed by atoms with Gasteiger partial charge in [0.1, 0.15) is 19.0 Å². The third-order valence-corrected chi connectivity index (χ3v) is 5.66. The van der Waals surface area contributed by atoms with Crippen molar-refractivity contribution in [3.63, 3.8) is 0 Å². The van der Waals surface area contributed by atoms with Crippen LogP contribution >= 0.6 is 0 Å². The fourth-order valence-electron chi connectivity index (χ4n) is 4.05. The highest BCUT2D eigenvalue weighted by Gasteiger charge is 2.22. The van der Waals surface area contributed by atoms with Crippen LogP contribution in [0.4, 0.5) is 17.1 Å². The summed E-state index contributed by atoms with van der Waals surface area (Å²) < 4.78 is 11.2. The Morgan fingerprint density at radius 3 is 1.84 bits per heavy atom. The summed E-state index contributed by atoms with van der Waals surface area (Å²) in [4.78, 5) is 14.3. The van der Waals surface area contributed by atoms with E-state index in [0.29, 0.717) is 6.61 Å². The quantitative estimate of drug-likeness (QED) is 0.305. The topological polar surface area (TPSA) is 38.8 Å². The van der Waals surface area contributed by atoms with Gasteiger partial charge in [-0.05, 0) is 61.4 Å². The van der Waals surface area contributed by atoms with E-state index >= 15 is 0 Å². The molecule has 0 aliphatic heterocycles. The first-order valence-corrected chi connectivity index (χ1v) is 11.1. The number of esters is 1. The molecule has 1 fully saturated rings. The molecule has 1 aliphatic carbocycles. The molecule has 0 atom stereocenters. The molecule has 0 N–H and O–H groups in total. The summed E-state index contributed by atoms with van der Waals surface area (Å²) in [5, 5.41) is 0. The zero-order chi connectivity index (χ0) is 21.3. The predicted molar refractivity (Wildman–Crippen MR) is 124 cm³/mol. The first-order valence-electron chi connectivity index (χ1n) is 11.1. The van der Waals surface area contributed by atoms with Crippen molar-refractivity contribution in [2.75, 3.05) is 18.1 Å². The number of benzene rings is 3. The summed E-state index contributed by atoms with van der Waals surface area (Å²) in [6.07, 6.45) is 5.41. The molecule has 0 unspecified atom stereocenters. The van der Waals surface area contributed by atoms with E-state index in [1.54, 1.807) is 0 Å². The Kier molecular flexibility index (Phi) is 7.22. The lowest BCUT2D eigenvalue weighted by Crippen LogP contribution is -2.22. The van der Waals surface area contributed by atoms with E-state index in [0.717, 1.165) is 48.5 Å². The number of anilines is 3. The summed E-state index contributed by atoms with van der Waals surface area (Å²) >= 11 is 0. The van der Waals surface area contributed by atoms with Crippen LogP contribution in [-0.2, 0) is 9.53 Å². The van der Waals surface area contributed by atoms with Gasteiger partial charge >= 0.3 is 5.97 Å². The van der Waals surface area contributed by atoms with Crippen molar-refractivity contribution in [2.24, 2.45) is 5.92 Å². The molecule has 0 amide bonds. The third kappa shape index (κ3) is 5.66. The molecule has 4 rings (SSSR count).